The highest BCUT2D eigenvalue weighted by Crippen LogP contribution is 2.19. The number of nitrogens with zero attached hydrogens (tertiary/aromatic N) is 3. The first-order chi connectivity index (χ1) is 8.65. The normalized spacial score (nSPS) is 13.0. The van der Waals surface area contributed by atoms with Crippen LogP contribution in [0.2, 0.25) is 0 Å². The van der Waals surface area contributed by atoms with Crippen LogP contribution in [0.15, 0.2) is 11.0 Å². The number of anilines is 1. The molecule has 9 heteroatoms. The predicted octanol–water partition coefficient (Wildman–Crippen LogP) is 0.0907. The molecule has 2 heterocycles. The molecule has 3 N–H and O–H groups in total. The van der Waals surface area contributed by atoms with E-state index in [0.717, 1.165) is 11.3 Å². The number of hydrogen-bond donors (Lipinski definition) is 2. The highest BCUT2D eigenvalue weighted by molar-refractivity contribution is 7.98. The van der Waals surface area contributed by atoms with Crippen LogP contribution in [0.3, 0.4) is 0 Å². The highest BCUT2D eigenvalue weighted by atomic mass is 32.2. The summed E-state index contributed by atoms with van der Waals surface area (Å²) in [6.07, 6.45) is 1.53. The van der Waals surface area contributed by atoms with E-state index in [-0.39, 0.29) is 22.9 Å². The minimum Gasteiger partial charge on any atom is -0.393 e. The maximum atomic E-state index is 11.8. The molecule has 2 aromatic rings. The number of methoxy groups -OCH3 is 1. The van der Waals surface area contributed by atoms with E-state index in [0.29, 0.717) is 16.2 Å². The van der Waals surface area contributed by atoms with Gasteiger partial charge >= 0.3 is 4.87 Å². The van der Waals surface area contributed by atoms with Gasteiger partial charge in [0.15, 0.2) is 5.65 Å². The van der Waals surface area contributed by atoms with E-state index in [1.165, 1.54) is 29.6 Å². The molecule has 0 saturated heterocycles. The fourth-order valence-electron chi connectivity index (χ4n) is 1.34. The second kappa shape index (κ2) is 5.65. The van der Waals surface area contributed by atoms with Gasteiger partial charge in [-0.05, 0) is 0 Å². The van der Waals surface area contributed by atoms with Crippen LogP contribution in [0.25, 0.3) is 10.3 Å². The van der Waals surface area contributed by atoms with Crippen LogP contribution in [0.5, 0.6) is 0 Å². The Bertz CT molecular complexity index is 593. The molecule has 0 aromatic carbocycles. The molecule has 1 unspecified atom stereocenters. The fraction of sp³-hybridized carbons (Fsp3) is 0.444. The molecular weight excluding hydrogens is 276 g/mol. The van der Waals surface area contributed by atoms with Crippen LogP contribution in [-0.4, -0.2) is 38.8 Å². The van der Waals surface area contributed by atoms with Crippen LogP contribution >= 0.6 is 23.1 Å². The SMILES string of the molecule is COC(CO)SCn1c(=O)sc2cnc(N)nc21. The van der Waals surface area contributed by atoms with Gasteiger partial charge < -0.3 is 15.6 Å². The molecular formula is C9H12N4O3S2. The lowest BCUT2D eigenvalue weighted by Crippen LogP contribution is -2.17. The molecule has 1 atom stereocenters. The Kier molecular flexibility index (Phi) is 4.17. The number of nitrogens with two attached hydrogens (primary N) is 1. The van der Waals surface area contributed by atoms with E-state index in [9.17, 15) is 4.79 Å². The van der Waals surface area contributed by atoms with Crippen molar-refractivity contribution < 1.29 is 9.84 Å². The smallest absolute Gasteiger partial charge is 0.310 e. The summed E-state index contributed by atoms with van der Waals surface area (Å²) >= 11 is 2.37. The second-order valence-corrected chi connectivity index (χ2v) is 5.47. The van der Waals surface area contributed by atoms with E-state index in [2.05, 4.69) is 9.97 Å². The van der Waals surface area contributed by atoms with Gasteiger partial charge in [0.05, 0.1) is 23.4 Å². The molecule has 7 nitrogen and oxygen atoms in total. The summed E-state index contributed by atoms with van der Waals surface area (Å²) < 4.78 is 7.20. The van der Waals surface area contributed by atoms with Gasteiger partial charge in [-0.3, -0.25) is 9.36 Å². The standard InChI is InChI=1S/C9H12N4O3S2/c1-16-6(3-14)17-4-13-7-5(18-9(13)15)2-11-8(10)12-7/h2,6,14H,3-4H2,1H3,(H2,10,11,12). The van der Waals surface area contributed by atoms with Crippen LogP contribution in [-0.2, 0) is 10.6 Å². The molecule has 0 radical (unpaired) electrons. The van der Waals surface area contributed by atoms with E-state index in [4.69, 9.17) is 15.6 Å². The lowest BCUT2D eigenvalue weighted by Gasteiger charge is -2.11. The van der Waals surface area contributed by atoms with Crippen LogP contribution < -0.4 is 10.6 Å². The third-order valence-electron chi connectivity index (χ3n) is 2.23. The van der Waals surface area contributed by atoms with Gasteiger partial charge in [0.1, 0.15) is 5.44 Å². The number of rotatable bonds is 5. The van der Waals surface area contributed by atoms with E-state index < -0.39 is 0 Å². The molecule has 0 fully saturated rings. The Morgan fingerprint density at radius 1 is 1.72 bits per heavy atom. The van der Waals surface area contributed by atoms with Crippen molar-refractivity contribution in [1.82, 2.24) is 14.5 Å². The number of ether oxygens (including phenoxy) is 1. The van der Waals surface area contributed by atoms with Gasteiger partial charge in [0.2, 0.25) is 5.95 Å². The van der Waals surface area contributed by atoms with Crippen LogP contribution in [0.4, 0.5) is 5.95 Å². The summed E-state index contributed by atoms with van der Waals surface area (Å²) in [5, 5.41) is 9.01. The number of thiazole rings is 1. The van der Waals surface area contributed by atoms with Gasteiger partial charge in [-0.1, -0.05) is 11.3 Å². The maximum absolute atomic E-state index is 11.8. The Morgan fingerprint density at radius 3 is 3.17 bits per heavy atom. The molecule has 98 valence electrons. The molecule has 0 spiro atoms. The first-order valence-corrected chi connectivity index (χ1v) is 6.89. The summed E-state index contributed by atoms with van der Waals surface area (Å²) in [7, 11) is 1.50. The first-order valence-electron chi connectivity index (χ1n) is 5.02. The molecule has 0 amide bonds. The number of thioether (sulfide) groups is 1. The monoisotopic (exact) mass is 288 g/mol. The predicted molar refractivity (Wildman–Crippen MR) is 71.6 cm³/mol. The highest BCUT2D eigenvalue weighted by Gasteiger charge is 2.12. The molecule has 0 bridgehead atoms. The lowest BCUT2D eigenvalue weighted by molar-refractivity contribution is 0.110. The summed E-state index contributed by atoms with van der Waals surface area (Å²) in [6.45, 7) is -0.116. The maximum Gasteiger partial charge on any atom is 0.310 e. The Labute approximate surface area is 111 Å². The number of aliphatic hydroxyl groups excluding tert-OH is 1. The van der Waals surface area contributed by atoms with Crippen molar-refractivity contribution >= 4 is 39.4 Å². The van der Waals surface area contributed by atoms with E-state index in [1.807, 2.05) is 0 Å². The molecule has 0 aliphatic heterocycles. The number of hydrogen-bond acceptors (Lipinski definition) is 8. The summed E-state index contributed by atoms with van der Waals surface area (Å²) in [5.74, 6) is 0.471. The second-order valence-electron chi connectivity index (χ2n) is 3.36. The van der Waals surface area contributed by atoms with Gasteiger partial charge in [0.25, 0.3) is 0 Å². The topological polar surface area (TPSA) is 103 Å². The Hall–Kier alpha value is -1.16. The van der Waals surface area contributed by atoms with Crippen molar-refractivity contribution in [2.75, 3.05) is 19.5 Å². The molecule has 0 aliphatic carbocycles. The molecule has 0 aliphatic rings. The Morgan fingerprint density at radius 2 is 2.50 bits per heavy atom. The van der Waals surface area contributed by atoms with Crippen molar-refractivity contribution in [3.8, 4) is 0 Å². The molecule has 0 saturated carbocycles. The van der Waals surface area contributed by atoms with Gasteiger partial charge in [-0.2, -0.15) is 4.98 Å². The first kappa shape index (κ1) is 13.3. The Balaban J connectivity index is 2.29. The average Bonchev–Trinajstić information content (AvgIpc) is 2.66. The molecule has 2 aromatic heterocycles. The van der Waals surface area contributed by atoms with E-state index >= 15 is 0 Å². The third kappa shape index (κ3) is 2.64. The van der Waals surface area contributed by atoms with Crippen molar-refractivity contribution in [3.63, 3.8) is 0 Å². The zero-order valence-electron chi connectivity index (χ0n) is 9.57. The van der Waals surface area contributed by atoms with E-state index in [1.54, 1.807) is 0 Å². The van der Waals surface area contributed by atoms with Crippen molar-refractivity contribution in [3.05, 3.63) is 15.9 Å². The van der Waals surface area contributed by atoms with Crippen molar-refractivity contribution in [2.24, 2.45) is 0 Å². The van der Waals surface area contributed by atoms with Crippen molar-refractivity contribution in [2.45, 2.75) is 11.3 Å². The number of aliphatic hydroxyl groups is 1. The molecule has 2 rings (SSSR count). The average molecular weight is 288 g/mol. The summed E-state index contributed by atoms with van der Waals surface area (Å²) in [6, 6.07) is 0. The van der Waals surface area contributed by atoms with Gasteiger partial charge in [0, 0.05) is 7.11 Å². The molecule has 18 heavy (non-hydrogen) atoms. The van der Waals surface area contributed by atoms with Crippen molar-refractivity contribution in [1.29, 1.82) is 0 Å². The summed E-state index contributed by atoms with van der Waals surface area (Å²) in [5.41, 5.74) is 5.65. The minimum atomic E-state index is -0.369. The zero-order chi connectivity index (χ0) is 13.1. The zero-order valence-corrected chi connectivity index (χ0v) is 11.2. The largest absolute Gasteiger partial charge is 0.393 e. The van der Waals surface area contributed by atoms with Gasteiger partial charge in [-0.25, -0.2) is 4.98 Å². The van der Waals surface area contributed by atoms with Crippen LogP contribution in [0.1, 0.15) is 0 Å². The third-order valence-corrected chi connectivity index (χ3v) is 4.25. The van der Waals surface area contributed by atoms with Crippen LogP contribution in [0, 0.1) is 0 Å². The minimum absolute atomic E-state index is 0.116. The number of fused-ring (bicyclic) bond motifs is 1. The quantitative estimate of drug-likeness (QED) is 0.751. The number of nitrogen functional groups attached to an aromatic ring is 1. The number of aromatic nitrogens is 3. The fourth-order valence-corrected chi connectivity index (χ4v) is 3.02. The summed E-state index contributed by atoms with van der Waals surface area (Å²) in [4.78, 5) is 19.6. The van der Waals surface area contributed by atoms with Gasteiger partial charge in [-0.15, -0.1) is 11.8 Å². The lowest BCUT2D eigenvalue weighted by atomic mass is 10.6.